The van der Waals surface area contributed by atoms with Gasteiger partial charge >= 0.3 is 0 Å². The quantitative estimate of drug-likeness (QED) is 0.881. The molecule has 4 nitrogen and oxygen atoms in total. The molecule has 0 aromatic heterocycles. The number of amides is 1. The predicted molar refractivity (Wildman–Crippen MR) is 88.8 cm³/mol. The molecule has 1 amide bonds. The Hall–Kier alpha value is -1.49. The minimum atomic E-state index is -0.405. The molecule has 21 heavy (non-hydrogen) atoms. The summed E-state index contributed by atoms with van der Waals surface area (Å²) in [6, 6.07) is 7.27. The van der Waals surface area contributed by atoms with Crippen LogP contribution in [0, 0.1) is 5.92 Å². The fourth-order valence-corrected chi connectivity index (χ4v) is 4.18. The zero-order valence-corrected chi connectivity index (χ0v) is 13.1. The average Bonchev–Trinajstić information content (AvgIpc) is 2.86. The van der Waals surface area contributed by atoms with E-state index in [1.54, 1.807) is 23.9 Å². The van der Waals surface area contributed by atoms with Crippen molar-refractivity contribution < 1.29 is 4.79 Å². The van der Waals surface area contributed by atoms with Crippen LogP contribution in [-0.2, 0) is 0 Å². The monoisotopic (exact) mass is 303 g/mol. The standard InChI is InChI=1S/C16H21N3OS/c1-11-5-7-16(8-6-11)10-21-15(19-16)18-13-4-2-3-12(9-13)14(17)20/h2-4,9,11H,5-8,10H2,1H3,(H2,17,20)(H,18,19). The Morgan fingerprint density at radius 1 is 1.43 bits per heavy atom. The first-order valence-corrected chi connectivity index (χ1v) is 8.44. The van der Waals surface area contributed by atoms with E-state index >= 15 is 0 Å². The maximum atomic E-state index is 11.2. The molecule has 1 aromatic rings. The van der Waals surface area contributed by atoms with Crippen LogP contribution in [0.25, 0.3) is 0 Å². The average molecular weight is 303 g/mol. The van der Waals surface area contributed by atoms with Gasteiger partial charge in [-0.3, -0.25) is 9.79 Å². The van der Waals surface area contributed by atoms with Gasteiger partial charge in [0.2, 0.25) is 5.91 Å². The van der Waals surface area contributed by atoms with Gasteiger partial charge in [-0.1, -0.05) is 24.8 Å². The van der Waals surface area contributed by atoms with Gasteiger partial charge in [0.1, 0.15) is 0 Å². The Morgan fingerprint density at radius 3 is 2.90 bits per heavy atom. The Morgan fingerprint density at radius 2 is 2.19 bits per heavy atom. The molecular formula is C16H21N3OS. The topological polar surface area (TPSA) is 67.5 Å². The number of amidine groups is 1. The summed E-state index contributed by atoms with van der Waals surface area (Å²) in [5, 5.41) is 4.29. The van der Waals surface area contributed by atoms with Gasteiger partial charge in [-0.25, -0.2) is 0 Å². The highest BCUT2D eigenvalue weighted by Crippen LogP contribution is 2.41. The molecule has 0 bridgehead atoms. The van der Waals surface area contributed by atoms with Crippen LogP contribution in [0.2, 0.25) is 0 Å². The van der Waals surface area contributed by atoms with Crippen LogP contribution in [-0.4, -0.2) is 22.4 Å². The van der Waals surface area contributed by atoms with E-state index in [4.69, 9.17) is 10.7 Å². The van der Waals surface area contributed by atoms with Crippen LogP contribution in [0.4, 0.5) is 5.69 Å². The summed E-state index contributed by atoms with van der Waals surface area (Å²) in [6.07, 6.45) is 4.92. The molecule has 2 aliphatic rings. The van der Waals surface area contributed by atoms with E-state index in [1.807, 2.05) is 12.1 Å². The molecule has 1 saturated carbocycles. The van der Waals surface area contributed by atoms with E-state index in [2.05, 4.69) is 12.2 Å². The Balaban J connectivity index is 1.71. The second-order valence-electron chi connectivity index (χ2n) is 6.18. The Kier molecular flexibility index (Phi) is 3.93. The first-order chi connectivity index (χ1) is 10.1. The zero-order valence-electron chi connectivity index (χ0n) is 12.3. The molecule has 5 heteroatoms. The van der Waals surface area contributed by atoms with Crippen molar-refractivity contribution in [2.75, 3.05) is 11.1 Å². The van der Waals surface area contributed by atoms with Gasteiger partial charge < -0.3 is 11.1 Å². The summed E-state index contributed by atoms with van der Waals surface area (Å²) in [5.41, 5.74) is 6.85. The molecule has 0 atom stereocenters. The number of nitrogens with two attached hydrogens (primary N) is 1. The number of carbonyl (C=O) groups is 1. The molecule has 0 saturated heterocycles. The van der Waals surface area contributed by atoms with Crippen molar-refractivity contribution >= 4 is 28.5 Å². The van der Waals surface area contributed by atoms with Crippen molar-refractivity contribution in [1.82, 2.24) is 0 Å². The van der Waals surface area contributed by atoms with Gasteiger partial charge in [0.25, 0.3) is 0 Å². The van der Waals surface area contributed by atoms with Crippen molar-refractivity contribution in [1.29, 1.82) is 0 Å². The number of rotatable bonds is 2. The lowest BCUT2D eigenvalue weighted by Crippen LogP contribution is -2.32. The lowest BCUT2D eigenvalue weighted by atomic mass is 9.79. The fraction of sp³-hybridized carbons (Fsp3) is 0.500. The Labute approximate surface area is 129 Å². The van der Waals surface area contributed by atoms with Crippen LogP contribution in [0.3, 0.4) is 0 Å². The summed E-state index contributed by atoms with van der Waals surface area (Å²) >= 11 is 1.78. The molecular weight excluding hydrogens is 282 g/mol. The maximum Gasteiger partial charge on any atom is 0.248 e. The van der Waals surface area contributed by atoms with Crippen molar-refractivity contribution in [3.05, 3.63) is 29.8 Å². The molecule has 1 aromatic carbocycles. The summed E-state index contributed by atoms with van der Waals surface area (Å²) in [7, 11) is 0. The smallest absolute Gasteiger partial charge is 0.248 e. The van der Waals surface area contributed by atoms with E-state index in [0.29, 0.717) is 5.56 Å². The highest BCUT2D eigenvalue weighted by Gasteiger charge is 2.38. The summed E-state index contributed by atoms with van der Waals surface area (Å²) in [6.45, 7) is 2.33. The first kappa shape index (κ1) is 14.4. The molecule has 112 valence electrons. The molecule has 1 spiro atoms. The number of nitrogens with zero attached hydrogens (tertiary/aromatic N) is 1. The molecule has 0 radical (unpaired) electrons. The molecule has 1 aliphatic heterocycles. The number of hydrogen-bond acceptors (Lipinski definition) is 4. The molecule has 1 aliphatic carbocycles. The highest BCUT2D eigenvalue weighted by molar-refractivity contribution is 8.14. The molecule has 0 unspecified atom stereocenters. The molecule has 1 fully saturated rings. The van der Waals surface area contributed by atoms with Crippen molar-refractivity contribution in [3.8, 4) is 0 Å². The first-order valence-electron chi connectivity index (χ1n) is 7.46. The lowest BCUT2D eigenvalue weighted by Gasteiger charge is -2.32. The number of nitrogens with one attached hydrogen (secondary N) is 1. The van der Waals surface area contributed by atoms with E-state index in [-0.39, 0.29) is 5.54 Å². The fourth-order valence-electron chi connectivity index (χ4n) is 2.98. The number of thioether (sulfide) groups is 1. The largest absolute Gasteiger partial charge is 0.366 e. The third kappa shape index (κ3) is 3.23. The van der Waals surface area contributed by atoms with Gasteiger partial charge in [-0.2, -0.15) is 0 Å². The number of aliphatic imine (C=N–C) groups is 1. The van der Waals surface area contributed by atoms with Gasteiger partial charge in [-0.05, 0) is 49.8 Å². The van der Waals surface area contributed by atoms with E-state index < -0.39 is 5.91 Å². The lowest BCUT2D eigenvalue weighted by molar-refractivity contribution is 0.100. The van der Waals surface area contributed by atoms with E-state index in [9.17, 15) is 4.79 Å². The highest BCUT2D eigenvalue weighted by atomic mass is 32.2. The third-order valence-corrected chi connectivity index (χ3v) is 5.57. The van der Waals surface area contributed by atoms with Gasteiger partial charge in [-0.15, -0.1) is 0 Å². The summed E-state index contributed by atoms with van der Waals surface area (Å²) in [5.74, 6) is 1.50. The molecule has 3 N–H and O–H groups in total. The number of carbonyl (C=O) groups excluding carboxylic acids is 1. The number of anilines is 1. The number of primary amides is 1. The van der Waals surface area contributed by atoms with Crippen molar-refractivity contribution in [2.24, 2.45) is 16.6 Å². The number of hydrogen-bond donors (Lipinski definition) is 2. The van der Waals surface area contributed by atoms with E-state index in [0.717, 1.165) is 22.5 Å². The Bertz CT molecular complexity index is 577. The summed E-state index contributed by atoms with van der Waals surface area (Å²) < 4.78 is 0. The van der Waals surface area contributed by atoms with Crippen LogP contribution in [0.5, 0.6) is 0 Å². The SMILES string of the molecule is CC1CCC2(CC1)CSC(Nc1cccc(C(N)=O)c1)=N2. The molecule has 3 rings (SSSR count). The second kappa shape index (κ2) is 5.72. The van der Waals surface area contributed by atoms with E-state index in [1.165, 1.54) is 25.7 Å². The number of benzene rings is 1. The predicted octanol–water partition coefficient (Wildman–Crippen LogP) is 3.25. The minimum absolute atomic E-state index is 0.140. The zero-order chi connectivity index (χ0) is 14.9. The minimum Gasteiger partial charge on any atom is -0.366 e. The van der Waals surface area contributed by atoms with Crippen LogP contribution in [0.15, 0.2) is 29.3 Å². The normalized spacial score (nSPS) is 28.4. The van der Waals surface area contributed by atoms with Crippen LogP contribution in [0.1, 0.15) is 43.0 Å². The van der Waals surface area contributed by atoms with Crippen LogP contribution < -0.4 is 11.1 Å². The summed E-state index contributed by atoms with van der Waals surface area (Å²) in [4.78, 5) is 16.2. The van der Waals surface area contributed by atoms with Gasteiger partial charge in [0.05, 0.1) is 5.54 Å². The molecule has 1 heterocycles. The van der Waals surface area contributed by atoms with Gasteiger partial charge in [0.15, 0.2) is 5.17 Å². The van der Waals surface area contributed by atoms with Crippen molar-refractivity contribution in [3.63, 3.8) is 0 Å². The van der Waals surface area contributed by atoms with Gasteiger partial charge in [0, 0.05) is 17.0 Å². The third-order valence-electron chi connectivity index (χ3n) is 4.42. The van der Waals surface area contributed by atoms with Crippen molar-refractivity contribution in [2.45, 2.75) is 38.1 Å². The van der Waals surface area contributed by atoms with Crippen LogP contribution >= 0.6 is 11.8 Å². The maximum absolute atomic E-state index is 11.2. The second-order valence-corrected chi connectivity index (χ2v) is 7.15.